The molecule has 0 bridgehead atoms. The molecule has 1 aromatic carbocycles. The summed E-state index contributed by atoms with van der Waals surface area (Å²) in [7, 11) is 0. The number of esters is 1. The molecule has 1 fully saturated rings. The van der Waals surface area contributed by atoms with E-state index in [1.54, 1.807) is 4.90 Å². The van der Waals surface area contributed by atoms with Gasteiger partial charge >= 0.3 is 5.97 Å². The number of fused-ring (bicyclic) bond motifs is 1. The van der Waals surface area contributed by atoms with Gasteiger partial charge in [0.15, 0.2) is 4.96 Å². The number of nitrogens with zero attached hydrogens (tertiary/aromatic N) is 3. The molecule has 0 N–H and O–H groups in total. The lowest BCUT2D eigenvalue weighted by Crippen LogP contribution is -2.27. The number of hydrogen-bond acceptors (Lipinski definition) is 6. The van der Waals surface area contributed by atoms with Gasteiger partial charge in [0.2, 0.25) is 5.91 Å². The second-order valence-electron chi connectivity index (χ2n) is 7.08. The number of aryl methyl sites for hydroxylation is 2. The van der Waals surface area contributed by atoms with Gasteiger partial charge in [-0.1, -0.05) is 25.1 Å². The average molecular weight is 411 g/mol. The molecule has 3 aromatic rings. The lowest BCUT2D eigenvalue weighted by atomic mass is 10.1. The molecule has 0 saturated carbocycles. The molecule has 1 aliphatic heterocycles. The molecule has 0 unspecified atom stereocenters. The first-order chi connectivity index (χ1) is 14.0. The fraction of sp³-hybridized carbons (Fsp3) is 0.333. The Bertz CT molecular complexity index is 1150. The maximum atomic E-state index is 12.5. The normalized spacial score (nSPS) is 16.6. The van der Waals surface area contributed by atoms with E-state index in [1.165, 1.54) is 21.8 Å². The summed E-state index contributed by atoms with van der Waals surface area (Å²) in [6, 6.07) is 9.10. The van der Waals surface area contributed by atoms with Crippen LogP contribution in [-0.2, 0) is 27.4 Å². The van der Waals surface area contributed by atoms with Crippen LogP contribution in [0, 0.1) is 12.8 Å². The van der Waals surface area contributed by atoms with Crippen molar-refractivity contribution in [3.05, 3.63) is 63.0 Å². The third kappa shape index (κ3) is 3.67. The van der Waals surface area contributed by atoms with Crippen molar-refractivity contribution in [2.75, 3.05) is 11.4 Å². The van der Waals surface area contributed by atoms with Crippen molar-refractivity contribution < 1.29 is 14.3 Å². The molecular formula is C21H21N3O4S. The number of aromatic nitrogens is 2. The third-order valence-corrected chi connectivity index (χ3v) is 6.06. The van der Waals surface area contributed by atoms with Crippen LogP contribution in [0.2, 0.25) is 0 Å². The van der Waals surface area contributed by atoms with E-state index in [-0.39, 0.29) is 24.5 Å². The number of ether oxygens (including phenoxy) is 1. The Kier molecular flexibility index (Phi) is 5.19. The van der Waals surface area contributed by atoms with E-state index < -0.39 is 11.9 Å². The first-order valence-electron chi connectivity index (χ1n) is 9.49. The van der Waals surface area contributed by atoms with Gasteiger partial charge in [-0.2, -0.15) is 0 Å². The van der Waals surface area contributed by atoms with Gasteiger partial charge in [-0.05, 0) is 25.0 Å². The summed E-state index contributed by atoms with van der Waals surface area (Å²) in [5.41, 5.74) is 2.95. The Labute approximate surface area is 171 Å². The van der Waals surface area contributed by atoms with E-state index in [0.717, 1.165) is 23.4 Å². The summed E-state index contributed by atoms with van der Waals surface area (Å²) < 4.78 is 6.91. The first-order valence-corrected chi connectivity index (χ1v) is 10.4. The number of benzene rings is 1. The van der Waals surface area contributed by atoms with Gasteiger partial charge in [0.1, 0.15) is 6.61 Å². The van der Waals surface area contributed by atoms with Crippen LogP contribution in [0.4, 0.5) is 5.69 Å². The van der Waals surface area contributed by atoms with Gasteiger partial charge in [-0.3, -0.25) is 18.8 Å². The highest BCUT2D eigenvalue weighted by Crippen LogP contribution is 2.29. The highest BCUT2D eigenvalue weighted by molar-refractivity contribution is 7.15. The highest BCUT2D eigenvalue weighted by Gasteiger charge is 2.36. The monoisotopic (exact) mass is 411 g/mol. The Balaban J connectivity index is 1.44. The molecule has 1 amide bonds. The van der Waals surface area contributed by atoms with Crippen LogP contribution in [-0.4, -0.2) is 27.8 Å². The Hall–Kier alpha value is -3.00. The zero-order chi connectivity index (χ0) is 20.5. The summed E-state index contributed by atoms with van der Waals surface area (Å²) >= 11 is 1.36. The number of rotatable bonds is 5. The SMILES string of the molecule is CCc1ccccc1N1C[C@@H](C(=O)OCc2cc(=O)n3c(C)csc3n2)CC1=O. The Morgan fingerprint density at radius 2 is 2.10 bits per heavy atom. The predicted octanol–water partition coefficient (Wildman–Crippen LogP) is 2.72. The zero-order valence-electron chi connectivity index (χ0n) is 16.3. The second kappa shape index (κ2) is 7.79. The van der Waals surface area contributed by atoms with Crippen LogP contribution in [0.15, 0.2) is 40.5 Å². The number of carbonyl (C=O) groups excluding carboxylic acids is 2. The van der Waals surface area contributed by atoms with Gasteiger partial charge in [0, 0.05) is 35.8 Å². The average Bonchev–Trinajstić information content (AvgIpc) is 3.29. The minimum atomic E-state index is -0.527. The predicted molar refractivity (Wildman–Crippen MR) is 110 cm³/mol. The molecular weight excluding hydrogens is 390 g/mol. The smallest absolute Gasteiger partial charge is 0.311 e. The van der Waals surface area contributed by atoms with Gasteiger partial charge in [-0.25, -0.2) is 4.98 Å². The van der Waals surface area contributed by atoms with Crippen molar-refractivity contribution >= 4 is 33.9 Å². The molecule has 1 atom stereocenters. The lowest BCUT2D eigenvalue weighted by molar-refractivity contribution is -0.149. The Morgan fingerprint density at radius 1 is 1.31 bits per heavy atom. The number of carbonyl (C=O) groups is 2. The fourth-order valence-electron chi connectivity index (χ4n) is 3.61. The quantitative estimate of drug-likeness (QED) is 0.603. The standard InChI is InChI=1S/C21H21N3O4S/c1-3-14-6-4-5-7-17(14)23-10-15(8-18(23)25)20(27)28-11-16-9-19(26)24-13(2)12-29-21(24)22-16/h4-7,9,12,15H,3,8,10-11H2,1-2H3/t15-/m0/s1. The van der Waals surface area contributed by atoms with Crippen LogP contribution in [0.3, 0.4) is 0 Å². The molecule has 1 aliphatic rings. The first kappa shape index (κ1) is 19.3. The largest absolute Gasteiger partial charge is 0.459 e. The van der Waals surface area contributed by atoms with Crippen molar-refractivity contribution in [1.29, 1.82) is 0 Å². The fourth-order valence-corrected chi connectivity index (χ4v) is 4.50. The number of thiazole rings is 1. The molecule has 4 rings (SSSR count). The molecule has 150 valence electrons. The summed E-state index contributed by atoms with van der Waals surface area (Å²) in [6.45, 7) is 4.09. The van der Waals surface area contributed by atoms with E-state index in [1.807, 2.05) is 43.5 Å². The molecule has 1 saturated heterocycles. The summed E-state index contributed by atoms with van der Waals surface area (Å²) in [5.74, 6) is -1.06. The summed E-state index contributed by atoms with van der Waals surface area (Å²) in [4.78, 5) is 43.9. The van der Waals surface area contributed by atoms with Crippen molar-refractivity contribution in [3.8, 4) is 0 Å². The van der Waals surface area contributed by atoms with Gasteiger partial charge in [0.25, 0.3) is 5.56 Å². The van der Waals surface area contributed by atoms with Crippen molar-refractivity contribution in [2.45, 2.75) is 33.3 Å². The molecule has 0 aliphatic carbocycles. The Morgan fingerprint density at radius 3 is 2.90 bits per heavy atom. The molecule has 7 nitrogen and oxygen atoms in total. The van der Waals surface area contributed by atoms with E-state index in [2.05, 4.69) is 4.98 Å². The number of anilines is 1. The van der Waals surface area contributed by atoms with Crippen molar-refractivity contribution in [3.63, 3.8) is 0 Å². The number of amides is 1. The van der Waals surface area contributed by atoms with Crippen LogP contribution >= 0.6 is 11.3 Å². The van der Waals surface area contributed by atoms with Crippen LogP contribution in [0.25, 0.3) is 4.96 Å². The van der Waals surface area contributed by atoms with Gasteiger partial charge in [0.05, 0.1) is 11.6 Å². The second-order valence-corrected chi connectivity index (χ2v) is 7.91. The molecule has 8 heteroatoms. The van der Waals surface area contributed by atoms with Crippen LogP contribution in [0.5, 0.6) is 0 Å². The van der Waals surface area contributed by atoms with Gasteiger partial charge in [-0.15, -0.1) is 11.3 Å². The third-order valence-electron chi connectivity index (χ3n) is 5.11. The molecule has 0 radical (unpaired) electrons. The minimum Gasteiger partial charge on any atom is -0.459 e. The maximum absolute atomic E-state index is 12.5. The van der Waals surface area contributed by atoms with Crippen molar-refractivity contribution in [1.82, 2.24) is 9.38 Å². The lowest BCUT2D eigenvalue weighted by Gasteiger charge is -2.19. The van der Waals surface area contributed by atoms with E-state index >= 15 is 0 Å². The zero-order valence-corrected chi connectivity index (χ0v) is 17.1. The van der Waals surface area contributed by atoms with Gasteiger partial charge < -0.3 is 9.64 Å². The molecule has 2 aromatic heterocycles. The maximum Gasteiger partial charge on any atom is 0.311 e. The van der Waals surface area contributed by atoms with Crippen LogP contribution < -0.4 is 10.5 Å². The highest BCUT2D eigenvalue weighted by atomic mass is 32.1. The minimum absolute atomic E-state index is 0.0836. The number of hydrogen-bond donors (Lipinski definition) is 0. The van der Waals surface area contributed by atoms with E-state index in [0.29, 0.717) is 17.2 Å². The van der Waals surface area contributed by atoms with Crippen LogP contribution in [0.1, 0.15) is 30.3 Å². The van der Waals surface area contributed by atoms with E-state index in [4.69, 9.17) is 4.74 Å². The molecule has 3 heterocycles. The van der Waals surface area contributed by atoms with E-state index in [9.17, 15) is 14.4 Å². The summed E-state index contributed by atoms with van der Waals surface area (Å²) in [6.07, 6.45) is 0.928. The van der Waals surface area contributed by atoms with Crippen molar-refractivity contribution in [2.24, 2.45) is 5.92 Å². The summed E-state index contributed by atoms with van der Waals surface area (Å²) in [5, 5.41) is 1.85. The molecule has 29 heavy (non-hydrogen) atoms. The topological polar surface area (TPSA) is 81.0 Å². The molecule has 0 spiro atoms. The number of para-hydroxylation sites is 1.